The Morgan fingerprint density at radius 3 is 2.50 bits per heavy atom. The lowest BCUT2D eigenvalue weighted by Gasteiger charge is -2.14. The van der Waals surface area contributed by atoms with Crippen LogP contribution in [0.25, 0.3) is 0 Å². The van der Waals surface area contributed by atoms with Crippen LogP contribution >= 0.6 is 58.0 Å². The zero-order valence-corrected chi connectivity index (χ0v) is 17.6. The number of benzene rings is 2. The average Bonchev–Trinajstić information content (AvgIpc) is 2.55. The number of carbonyl (C=O) groups excluding carboxylic acids is 1. The van der Waals surface area contributed by atoms with Crippen LogP contribution in [-0.4, -0.2) is 29.2 Å². The number of thiocarbonyl (C=S) groups is 1. The Bertz CT molecular complexity index is 908. The molecule has 10 heteroatoms. The minimum absolute atomic E-state index is 0.0249. The van der Waals surface area contributed by atoms with Gasteiger partial charge >= 0.3 is 5.97 Å². The van der Waals surface area contributed by atoms with Gasteiger partial charge in [-0.15, -0.1) is 0 Å². The van der Waals surface area contributed by atoms with E-state index in [0.29, 0.717) is 0 Å². The van der Waals surface area contributed by atoms with Crippen molar-refractivity contribution in [2.45, 2.75) is 0 Å². The SMILES string of the molecule is COc1c(Cl)cc(Cl)cc1C(=O)NC(=S)Nc1ccc(I)cc1C(=O)O. The molecular weight excluding hydrogens is 514 g/mol. The van der Waals surface area contributed by atoms with Crippen LogP contribution in [0, 0.1) is 3.57 Å². The molecule has 0 aliphatic carbocycles. The number of methoxy groups -OCH3 is 1. The first-order chi connectivity index (χ1) is 12.2. The molecule has 0 heterocycles. The van der Waals surface area contributed by atoms with Crippen LogP contribution in [0.5, 0.6) is 5.75 Å². The first-order valence-corrected chi connectivity index (χ1v) is 9.15. The number of aromatic carboxylic acids is 1. The Kier molecular flexibility index (Phi) is 7.04. The molecule has 2 rings (SSSR count). The average molecular weight is 525 g/mol. The van der Waals surface area contributed by atoms with Gasteiger partial charge in [-0.25, -0.2) is 4.79 Å². The third-order valence-corrected chi connectivity index (χ3v) is 4.52. The minimum atomic E-state index is -1.12. The Balaban J connectivity index is 2.22. The highest BCUT2D eigenvalue weighted by Gasteiger charge is 2.19. The molecule has 0 saturated heterocycles. The molecular formula is C16H11Cl2IN2O4S. The van der Waals surface area contributed by atoms with Crippen LogP contribution < -0.4 is 15.4 Å². The van der Waals surface area contributed by atoms with Crippen molar-refractivity contribution in [1.82, 2.24) is 5.32 Å². The Morgan fingerprint density at radius 2 is 1.88 bits per heavy atom. The van der Waals surface area contributed by atoms with Crippen molar-refractivity contribution in [3.63, 3.8) is 0 Å². The van der Waals surface area contributed by atoms with Crippen molar-refractivity contribution in [1.29, 1.82) is 0 Å². The summed E-state index contributed by atoms with van der Waals surface area (Å²) >= 11 is 19.0. The molecule has 0 unspecified atom stereocenters. The summed E-state index contributed by atoms with van der Waals surface area (Å²) in [5.74, 6) is -1.58. The summed E-state index contributed by atoms with van der Waals surface area (Å²) in [5, 5.41) is 14.8. The molecule has 2 aromatic rings. The summed E-state index contributed by atoms with van der Waals surface area (Å²) < 4.78 is 5.87. The van der Waals surface area contributed by atoms with E-state index >= 15 is 0 Å². The standard InChI is InChI=1S/C16H11Cl2IN2O4S/c1-25-13-10(4-7(17)5-11(13)18)14(22)21-16(26)20-12-3-2-8(19)6-9(12)15(23)24/h2-6H,1H3,(H,23,24)(H2,20,21,22,26). The second-order valence-electron chi connectivity index (χ2n) is 4.87. The quantitative estimate of drug-likeness (QED) is 0.405. The van der Waals surface area contributed by atoms with Crippen molar-refractivity contribution in [2.24, 2.45) is 0 Å². The van der Waals surface area contributed by atoms with E-state index in [-0.39, 0.29) is 37.7 Å². The first kappa shape index (κ1) is 20.7. The maximum absolute atomic E-state index is 12.4. The molecule has 0 radical (unpaired) electrons. The summed E-state index contributed by atoms with van der Waals surface area (Å²) in [4.78, 5) is 23.8. The molecule has 0 saturated carbocycles. The number of carbonyl (C=O) groups is 2. The smallest absolute Gasteiger partial charge is 0.337 e. The van der Waals surface area contributed by atoms with Crippen molar-refractivity contribution in [3.8, 4) is 5.75 Å². The lowest BCUT2D eigenvalue weighted by molar-refractivity contribution is 0.0697. The summed E-state index contributed by atoms with van der Waals surface area (Å²) in [6, 6.07) is 7.58. The molecule has 0 aliphatic heterocycles. The second kappa shape index (κ2) is 8.85. The Morgan fingerprint density at radius 1 is 1.19 bits per heavy atom. The fourth-order valence-electron chi connectivity index (χ4n) is 2.06. The lowest BCUT2D eigenvalue weighted by Crippen LogP contribution is -2.34. The van der Waals surface area contributed by atoms with Crippen LogP contribution in [0.1, 0.15) is 20.7 Å². The van der Waals surface area contributed by atoms with Crippen molar-refractivity contribution in [3.05, 3.63) is 55.1 Å². The van der Waals surface area contributed by atoms with Crippen molar-refractivity contribution < 1.29 is 19.4 Å². The maximum atomic E-state index is 12.4. The number of rotatable bonds is 4. The van der Waals surface area contributed by atoms with Gasteiger partial charge in [-0.2, -0.15) is 0 Å². The van der Waals surface area contributed by atoms with Crippen LogP contribution in [-0.2, 0) is 0 Å². The zero-order chi connectivity index (χ0) is 19.4. The highest BCUT2D eigenvalue weighted by Crippen LogP contribution is 2.32. The largest absolute Gasteiger partial charge is 0.494 e. The second-order valence-corrected chi connectivity index (χ2v) is 7.37. The van der Waals surface area contributed by atoms with Gasteiger partial charge in [0.2, 0.25) is 0 Å². The number of nitrogens with one attached hydrogen (secondary N) is 2. The van der Waals surface area contributed by atoms with E-state index in [1.54, 1.807) is 12.1 Å². The number of carboxylic acid groups (broad SMARTS) is 1. The Labute approximate surface area is 178 Å². The normalized spacial score (nSPS) is 10.2. The number of hydrogen-bond donors (Lipinski definition) is 3. The molecule has 0 spiro atoms. The monoisotopic (exact) mass is 524 g/mol. The van der Waals surface area contributed by atoms with Crippen LogP contribution in [0.3, 0.4) is 0 Å². The van der Waals surface area contributed by atoms with E-state index < -0.39 is 11.9 Å². The summed E-state index contributed by atoms with van der Waals surface area (Å²) in [6.07, 6.45) is 0. The van der Waals surface area contributed by atoms with Gasteiger partial charge in [-0.3, -0.25) is 10.1 Å². The molecule has 26 heavy (non-hydrogen) atoms. The molecule has 6 nitrogen and oxygen atoms in total. The third kappa shape index (κ3) is 4.97. The van der Waals surface area contributed by atoms with Gasteiger partial charge < -0.3 is 15.2 Å². The van der Waals surface area contributed by atoms with Gasteiger partial charge in [0, 0.05) is 8.59 Å². The molecule has 3 N–H and O–H groups in total. The predicted molar refractivity (Wildman–Crippen MR) is 113 cm³/mol. The first-order valence-electron chi connectivity index (χ1n) is 6.91. The van der Waals surface area contributed by atoms with Crippen LogP contribution in [0.4, 0.5) is 5.69 Å². The fraction of sp³-hybridized carbons (Fsp3) is 0.0625. The zero-order valence-electron chi connectivity index (χ0n) is 13.1. The van der Waals surface area contributed by atoms with Crippen molar-refractivity contribution >= 4 is 80.7 Å². The minimum Gasteiger partial charge on any atom is -0.494 e. The topological polar surface area (TPSA) is 87.7 Å². The molecule has 0 aliphatic rings. The van der Waals surface area contributed by atoms with Gasteiger partial charge in [0.15, 0.2) is 5.11 Å². The maximum Gasteiger partial charge on any atom is 0.337 e. The number of halogens is 3. The lowest BCUT2D eigenvalue weighted by atomic mass is 10.2. The van der Waals surface area contributed by atoms with E-state index in [2.05, 4.69) is 10.6 Å². The summed E-state index contributed by atoms with van der Waals surface area (Å²) in [6.45, 7) is 0. The van der Waals surface area contributed by atoms with Crippen LogP contribution in [0.2, 0.25) is 10.0 Å². The number of hydrogen-bond acceptors (Lipinski definition) is 4. The number of carboxylic acids is 1. The number of amides is 1. The molecule has 1 amide bonds. The molecule has 2 aromatic carbocycles. The molecule has 0 fully saturated rings. The van der Waals surface area contributed by atoms with E-state index in [0.717, 1.165) is 3.57 Å². The molecule has 0 aromatic heterocycles. The fourth-order valence-corrected chi connectivity index (χ4v) is 3.33. The van der Waals surface area contributed by atoms with Gasteiger partial charge in [0.25, 0.3) is 5.91 Å². The molecule has 0 atom stereocenters. The van der Waals surface area contributed by atoms with Gasteiger partial charge in [-0.05, 0) is 65.1 Å². The third-order valence-electron chi connectivity index (χ3n) is 3.14. The highest BCUT2D eigenvalue weighted by atomic mass is 127. The van der Waals surface area contributed by atoms with E-state index in [9.17, 15) is 14.7 Å². The van der Waals surface area contributed by atoms with Gasteiger partial charge in [0.05, 0.1) is 28.9 Å². The van der Waals surface area contributed by atoms with Gasteiger partial charge in [0.1, 0.15) is 5.75 Å². The van der Waals surface area contributed by atoms with E-state index in [1.165, 1.54) is 25.3 Å². The van der Waals surface area contributed by atoms with Crippen LogP contribution in [0.15, 0.2) is 30.3 Å². The molecule has 136 valence electrons. The van der Waals surface area contributed by atoms with Crippen molar-refractivity contribution in [2.75, 3.05) is 12.4 Å². The number of ether oxygens (including phenoxy) is 1. The van der Waals surface area contributed by atoms with Gasteiger partial charge in [-0.1, -0.05) is 23.2 Å². The van der Waals surface area contributed by atoms with E-state index in [4.69, 9.17) is 40.2 Å². The molecule has 0 bridgehead atoms. The summed E-state index contributed by atoms with van der Waals surface area (Å²) in [5.41, 5.74) is 0.367. The summed E-state index contributed by atoms with van der Waals surface area (Å²) in [7, 11) is 1.37. The highest BCUT2D eigenvalue weighted by molar-refractivity contribution is 14.1. The number of anilines is 1. The van der Waals surface area contributed by atoms with E-state index in [1.807, 2.05) is 22.6 Å². The predicted octanol–water partition coefficient (Wildman–Crippen LogP) is 4.43. The Hall–Kier alpha value is -1.62.